The molecule has 6 nitrogen and oxygen atoms in total. The van der Waals surface area contributed by atoms with Gasteiger partial charge in [-0.25, -0.2) is 4.99 Å². The summed E-state index contributed by atoms with van der Waals surface area (Å²) in [4.78, 5) is 4.63. The van der Waals surface area contributed by atoms with Gasteiger partial charge in [0.05, 0.1) is 0 Å². The van der Waals surface area contributed by atoms with E-state index in [0.717, 1.165) is 35.6 Å². The minimum Gasteiger partial charge on any atom is -0.356 e. The van der Waals surface area contributed by atoms with Gasteiger partial charge in [-0.2, -0.15) is 0 Å². The van der Waals surface area contributed by atoms with E-state index in [1.165, 1.54) is 5.56 Å². The fourth-order valence-corrected chi connectivity index (χ4v) is 2.88. The number of halogens is 2. The number of hydrogen-bond acceptors (Lipinski definition) is 3. The molecule has 0 saturated carbocycles. The molecule has 28 heavy (non-hydrogen) atoms. The van der Waals surface area contributed by atoms with E-state index < -0.39 is 0 Å². The van der Waals surface area contributed by atoms with E-state index in [2.05, 4.69) is 52.3 Å². The van der Waals surface area contributed by atoms with Crippen LogP contribution in [0.1, 0.15) is 31.1 Å². The number of nitrogens with one attached hydrogen (secondary N) is 2. The summed E-state index contributed by atoms with van der Waals surface area (Å²) in [6, 6.07) is 8.01. The van der Waals surface area contributed by atoms with Gasteiger partial charge in [-0.05, 0) is 36.5 Å². The number of guanidine groups is 1. The number of hydrogen-bond donors (Lipinski definition) is 2. The molecule has 0 spiro atoms. The molecule has 1 aromatic heterocycles. The van der Waals surface area contributed by atoms with Crippen LogP contribution in [0.2, 0.25) is 5.02 Å². The van der Waals surface area contributed by atoms with Gasteiger partial charge in [0.1, 0.15) is 12.4 Å². The van der Waals surface area contributed by atoms with Gasteiger partial charge in [-0.1, -0.05) is 43.7 Å². The number of aryl methyl sites for hydroxylation is 1. The predicted molar refractivity (Wildman–Crippen MR) is 127 cm³/mol. The summed E-state index contributed by atoms with van der Waals surface area (Å²) >= 11 is 6.11. The highest BCUT2D eigenvalue weighted by atomic mass is 127. The van der Waals surface area contributed by atoms with Gasteiger partial charge in [0, 0.05) is 25.2 Å². The average Bonchev–Trinajstić information content (AvgIpc) is 2.92. The smallest absolute Gasteiger partial charge is 0.191 e. The van der Waals surface area contributed by atoms with Crippen LogP contribution in [0.4, 0.5) is 0 Å². The molecular formula is C20H30ClIN6. The lowest BCUT2D eigenvalue weighted by atomic mass is 9.86. The predicted octanol–water partition coefficient (Wildman–Crippen LogP) is 3.89. The molecule has 8 heteroatoms. The Morgan fingerprint density at radius 1 is 1.32 bits per heavy atom. The summed E-state index contributed by atoms with van der Waals surface area (Å²) in [6.45, 7) is 12.0. The molecule has 0 aliphatic heterocycles. The SMILES string of the molecule is C=CCNC(=NCc1nnc(C)n1C)NCC(C)(C)Cc1cccc(Cl)c1.I. The van der Waals surface area contributed by atoms with Gasteiger partial charge in [-0.15, -0.1) is 40.8 Å². The Bertz CT molecular complexity index is 800. The number of rotatable bonds is 8. The molecule has 154 valence electrons. The van der Waals surface area contributed by atoms with Crippen molar-refractivity contribution in [3.8, 4) is 0 Å². The second-order valence-corrected chi connectivity index (χ2v) is 7.82. The van der Waals surface area contributed by atoms with Gasteiger partial charge >= 0.3 is 0 Å². The van der Waals surface area contributed by atoms with E-state index in [1.807, 2.05) is 36.7 Å². The maximum atomic E-state index is 6.11. The number of aromatic nitrogens is 3. The molecule has 0 fully saturated rings. The molecule has 0 saturated heterocycles. The summed E-state index contributed by atoms with van der Waals surface area (Å²) in [5.74, 6) is 2.43. The van der Waals surface area contributed by atoms with Crippen LogP contribution in [0.5, 0.6) is 0 Å². The molecule has 0 radical (unpaired) electrons. The van der Waals surface area contributed by atoms with Crippen molar-refractivity contribution in [1.82, 2.24) is 25.4 Å². The van der Waals surface area contributed by atoms with Crippen molar-refractivity contribution >= 4 is 41.5 Å². The summed E-state index contributed by atoms with van der Waals surface area (Å²) in [5.41, 5.74) is 1.25. The van der Waals surface area contributed by atoms with E-state index in [1.54, 1.807) is 6.08 Å². The van der Waals surface area contributed by atoms with Crippen molar-refractivity contribution in [3.63, 3.8) is 0 Å². The molecule has 2 rings (SSSR count). The molecule has 0 aliphatic carbocycles. The quantitative estimate of drug-likeness (QED) is 0.242. The highest BCUT2D eigenvalue weighted by Gasteiger charge is 2.19. The van der Waals surface area contributed by atoms with Crippen molar-refractivity contribution in [1.29, 1.82) is 0 Å². The monoisotopic (exact) mass is 516 g/mol. The Hall–Kier alpha value is -1.61. The van der Waals surface area contributed by atoms with Gasteiger partial charge in [0.25, 0.3) is 0 Å². The van der Waals surface area contributed by atoms with Crippen molar-refractivity contribution in [2.24, 2.45) is 17.5 Å². The third kappa shape index (κ3) is 7.79. The molecule has 2 N–H and O–H groups in total. The molecule has 0 atom stereocenters. The molecular weight excluding hydrogens is 487 g/mol. The zero-order valence-corrected chi connectivity index (χ0v) is 20.1. The Labute approximate surface area is 189 Å². The van der Waals surface area contributed by atoms with E-state index in [0.29, 0.717) is 13.1 Å². The third-order valence-corrected chi connectivity index (χ3v) is 4.52. The third-order valence-electron chi connectivity index (χ3n) is 4.28. The van der Waals surface area contributed by atoms with E-state index >= 15 is 0 Å². The van der Waals surface area contributed by atoms with Crippen molar-refractivity contribution < 1.29 is 0 Å². The highest BCUT2D eigenvalue weighted by Crippen LogP contribution is 2.22. The Balaban J connectivity index is 0.00000392. The summed E-state index contributed by atoms with van der Waals surface area (Å²) in [5, 5.41) is 15.7. The second kappa shape index (κ2) is 11.4. The summed E-state index contributed by atoms with van der Waals surface area (Å²) in [7, 11) is 1.94. The molecule has 1 aromatic carbocycles. The zero-order valence-electron chi connectivity index (χ0n) is 17.0. The van der Waals surface area contributed by atoms with Crippen LogP contribution in [0, 0.1) is 12.3 Å². The minimum absolute atomic E-state index is 0. The van der Waals surface area contributed by atoms with Crippen LogP contribution in [-0.2, 0) is 20.0 Å². The van der Waals surface area contributed by atoms with Crippen LogP contribution < -0.4 is 10.6 Å². The van der Waals surface area contributed by atoms with E-state index in [9.17, 15) is 0 Å². The lowest BCUT2D eigenvalue weighted by molar-refractivity contribution is 0.359. The fraction of sp³-hybridized carbons (Fsp3) is 0.450. The van der Waals surface area contributed by atoms with Crippen LogP contribution >= 0.6 is 35.6 Å². The topological polar surface area (TPSA) is 67.1 Å². The lowest BCUT2D eigenvalue weighted by Gasteiger charge is -2.26. The first-order chi connectivity index (χ1) is 12.8. The Kier molecular flexibility index (Phi) is 9.95. The van der Waals surface area contributed by atoms with Crippen LogP contribution in [0.25, 0.3) is 0 Å². The van der Waals surface area contributed by atoms with Crippen LogP contribution in [0.15, 0.2) is 41.9 Å². The number of nitrogens with zero attached hydrogens (tertiary/aromatic N) is 4. The lowest BCUT2D eigenvalue weighted by Crippen LogP contribution is -2.42. The van der Waals surface area contributed by atoms with E-state index in [-0.39, 0.29) is 29.4 Å². The van der Waals surface area contributed by atoms with Crippen LogP contribution in [0.3, 0.4) is 0 Å². The Morgan fingerprint density at radius 2 is 2.07 bits per heavy atom. The zero-order chi connectivity index (χ0) is 19.9. The van der Waals surface area contributed by atoms with Gasteiger partial charge in [-0.3, -0.25) is 0 Å². The maximum Gasteiger partial charge on any atom is 0.191 e. The Morgan fingerprint density at radius 3 is 2.68 bits per heavy atom. The first-order valence-electron chi connectivity index (χ1n) is 9.03. The van der Waals surface area contributed by atoms with Gasteiger partial charge in [0.2, 0.25) is 0 Å². The van der Waals surface area contributed by atoms with Gasteiger partial charge in [0.15, 0.2) is 11.8 Å². The van der Waals surface area contributed by atoms with Crippen molar-refractivity contribution in [3.05, 3.63) is 59.2 Å². The molecule has 0 amide bonds. The second-order valence-electron chi connectivity index (χ2n) is 7.38. The number of benzene rings is 1. The summed E-state index contributed by atoms with van der Waals surface area (Å²) in [6.07, 6.45) is 2.72. The van der Waals surface area contributed by atoms with Crippen molar-refractivity contribution in [2.45, 2.75) is 33.7 Å². The number of aliphatic imine (C=N–C) groups is 1. The van der Waals surface area contributed by atoms with Crippen molar-refractivity contribution in [2.75, 3.05) is 13.1 Å². The largest absolute Gasteiger partial charge is 0.356 e. The molecule has 1 heterocycles. The molecule has 2 aromatic rings. The molecule has 0 unspecified atom stereocenters. The highest BCUT2D eigenvalue weighted by molar-refractivity contribution is 14.0. The normalized spacial score (nSPS) is 11.7. The first kappa shape index (κ1) is 24.4. The van der Waals surface area contributed by atoms with Gasteiger partial charge < -0.3 is 15.2 Å². The molecule has 0 bridgehead atoms. The van der Waals surface area contributed by atoms with Crippen LogP contribution in [-0.4, -0.2) is 33.8 Å². The minimum atomic E-state index is 0. The summed E-state index contributed by atoms with van der Waals surface area (Å²) < 4.78 is 1.94. The molecule has 0 aliphatic rings. The first-order valence-corrected chi connectivity index (χ1v) is 9.41. The fourth-order valence-electron chi connectivity index (χ4n) is 2.67. The maximum absolute atomic E-state index is 6.11. The van der Waals surface area contributed by atoms with E-state index in [4.69, 9.17) is 11.6 Å². The average molecular weight is 517 g/mol. The standard InChI is InChI=1S/C20H29ClN6.HI/c1-6-10-22-19(23-13-18-26-25-15(2)27(18)5)24-14-20(3,4)12-16-8-7-9-17(21)11-16;/h6-9,11H,1,10,12-14H2,2-5H3,(H2,22,23,24);1H.